The van der Waals surface area contributed by atoms with Gasteiger partial charge in [-0.1, -0.05) is 0 Å². The lowest BCUT2D eigenvalue weighted by Gasteiger charge is -2.10. The summed E-state index contributed by atoms with van der Waals surface area (Å²) < 4.78 is 29.1. The van der Waals surface area contributed by atoms with Gasteiger partial charge < -0.3 is 0 Å². The first-order valence-corrected chi connectivity index (χ1v) is 9.86. The van der Waals surface area contributed by atoms with Gasteiger partial charge in [-0.25, -0.2) is 23.3 Å². The quantitative estimate of drug-likeness (QED) is 0.527. The van der Waals surface area contributed by atoms with Crippen LogP contribution in [0.2, 0.25) is 0 Å². The van der Waals surface area contributed by atoms with E-state index in [0.717, 1.165) is 26.0 Å². The maximum atomic E-state index is 13.9. The van der Waals surface area contributed by atoms with E-state index in [-0.39, 0.29) is 6.42 Å². The van der Waals surface area contributed by atoms with Gasteiger partial charge in [0, 0.05) is 18.0 Å². The number of hydrogen-bond donors (Lipinski definition) is 1. The zero-order valence-corrected chi connectivity index (χ0v) is 15.7. The number of H-pyrrole nitrogens is 1. The van der Waals surface area contributed by atoms with Crippen LogP contribution in [0, 0.1) is 6.92 Å². The molecule has 1 N–H and O–H groups in total. The van der Waals surface area contributed by atoms with Gasteiger partial charge >= 0.3 is 0 Å². The summed E-state index contributed by atoms with van der Waals surface area (Å²) in [5.74, 6) is -1.08. The highest BCUT2D eigenvalue weighted by Gasteiger charge is 2.25. The van der Waals surface area contributed by atoms with E-state index in [0.29, 0.717) is 23.5 Å². The van der Waals surface area contributed by atoms with Gasteiger partial charge in [-0.05, 0) is 25.0 Å². The van der Waals surface area contributed by atoms with E-state index in [9.17, 15) is 8.78 Å². The predicted molar refractivity (Wildman–Crippen MR) is 101 cm³/mol. The maximum Gasteiger partial charge on any atom is 0.193 e. The molecule has 27 heavy (non-hydrogen) atoms. The monoisotopic (exact) mass is 402 g/mol. The molecular formula is C17H12F2N6S2. The van der Waals surface area contributed by atoms with Crippen molar-refractivity contribution in [2.75, 3.05) is 0 Å². The topological polar surface area (TPSA) is 71.8 Å². The summed E-state index contributed by atoms with van der Waals surface area (Å²) in [5.41, 5.74) is 3.03. The molecule has 5 rings (SSSR count). The number of hydrogen-bond acceptors (Lipinski definition) is 6. The van der Waals surface area contributed by atoms with Gasteiger partial charge in [0.2, 0.25) is 0 Å². The molecule has 10 heteroatoms. The number of fused-ring (bicyclic) bond motifs is 1. The van der Waals surface area contributed by atoms with Crippen molar-refractivity contribution in [2.45, 2.75) is 19.8 Å². The summed E-state index contributed by atoms with van der Waals surface area (Å²) in [7, 11) is 0. The number of thiazole rings is 2. The fraction of sp³-hybridized carbons (Fsp3) is 0.176. The van der Waals surface area contributed by atoms with Gasteiger partial charge in [-0.15, -0.1) is 22.7 Å². The van der Waals surface area contributed by atoms with Crippen molar-refractivity contribution in [3.63, 3.8) is 0 Å². The normalized spacial score (nSPS) is 15.0. The number of aromatic nitrogens is 6. The largest absolute Gasteiger partial charge is 0.265 e. The number of nitrogens with one attached hydrogen (secondary N) is 1. The molecule has 0 atom stereocenters. The Morgan fingerprint density at radius 1 is 1.26 bits per heavy atom. The average Bonchev–Trinajstić information content (AvgIpc) is 3.39. The van der Waals surface area contributed by atoms with Crippen molar-refractivity contribution in [1.29, 1.82) is 0 Å². The Hall–Kier alpha value is -2.72. The lowest BCUT2D eigenvalue weighted by Crippen LogP contribution is -1.96. The summed E-state index contributed by atoms with van der Waals surface area (Å²) in [6, 6.07) is 0. The minimum atomic E-state index is -0.839. The van der Waals surface area contributed by atoms with Crippen LogP contribution in [0.3, 0.4) is 0 Å². The van der Waals surface area contributed by atoms with Gasteiger partial charge in [0.25, 0.3) is 0 Å². The van der Waals surface area contributed by atoms with Gasteiger partial charge in [0.1, 0.15) is 26.9 Å². The molecule has 0 saturated carbocycles. The van der Waals surface area contributed by atoms with Crippen LogP contribution in [0.4, 0.5) is 8.78 Å². The van der Waals surface area contributed by atoms with Gasteiger partial charge in [0.15, 0.2) is 11.7 Å². The Morgan fingerprint density at radius 3 is 2.93 bits per heavy atom. The number of aryl methyl sites for hydroxylation is 1. The van der Waals surface area contributed by atoms with Gasteiger partial charge in [-0.2, -0.15) is 10.2 Å². The van der Waals surface area contributed by atoms with Gasteiger partial charge in [0.05, 0.1) is 17.0 Å². The molecule has 0 spiro atoms. The number of halogens is 2. The molecule has 0 saturated heterocycles. The summed E-state index contributed by atoms with van der Waals surface area (Å²) in [6.45, 7) is 1.93. The van der Waals surface area contributed by atoms with Crippen molar-refractivity contribution in [1.82, 2.24) is 29.8 Å². The van der Waals surface area contributed by atoms with Gasteiger partial charge in [-0.3, -0.25) is 5.10 Å². The smallest absolute Gasteiger partial charge is 0.193 e. The van der Waals surface area contributed by atoms with E-state index in [1.807, 2.05) is 23.0 Å². The molecule has 136 valence electrons. The maximum absolute atomic E-state index is 13.9. The lowest BCUT2D eigenvalue weighted by atomic mass is 10.00. The molecule has 0 bridgehead atoms. The van der Waals surface area contributed by atoms with Crippen molar-refractivity contribution in [2.24, 2.45) is 0 Å². The second-order valence-electron chi connectivity index (χ2n) is 6.06. The molecule has 0 fully saturated rings. The van der Waals surface area contributed by atoms with Crippen LogP contribution in [0.25, 0.3) is 31.7 Å². The Morgan fingerprint density at radius 2 is 2.15 bits per heavy atom. The van der Waals surface area contributed by atoms with Crippen LogP contribution in [0.1, 0.15) is 24.2 Å². The average molecular weight is 402 g/mol. The van der Waals surface area contributed by atoms with E-state index in [1.54, 1.807) is 11.3 Å². The van der Waals surface area contributed by atoms with Crippen LogP contribution in [-0.2, 0) is 0 Å². The molecule has 6 nitrogen and oxygen atoms in total. The molecule has 0 aromatic carbocycles. The highest BCUT2D eigenvalue weighted by atomic mass is 32.1. The van der Waals surface area contributed by atoms with Crippen molar-refractivity contribution in [3.8, 4) is 21.3 Å². The third-order valence-corrected chi connectivity index (χ3v) is 6.30. The highest BCUT2D eigenvalue weighted by Crippen LogP contribution is 2.43. The molecule has 0 aliphatic heterocycles. The molecule has 4 heterocycles. The number of allylic oxidation sites excluding steroid dienone is 4. The van der Waals surface area contributed by atoms with Crippen LogP contribution >= 0.6 is 22.7 Å². The minimum absolute atomic E-state index is 0.0277. The first-order valence-electron chi connectivity index (χ1n) is 8.16. The van der Waals surface area contributed by atoms with E-state index >= 15 is 0 Å². The fourth-order valence-electron chi connectivity index (χ4n) is 3.11. The molecule has 4 aromatic rings. The summed E-state index contributed by atoms with van der Waals surface area (Å²) in [6.07, 6.45) is 5.00. The Bertz CT molecular complexity index is 1210. The van der Waals surface area contributed by atoms with E-state index in [4.69, 9.17) is 4.98 Å². The standard InChI is InChI=1S/C17H12F2N6S2/c1-8-12(17-25(24-8)4-5-26-17)16-22-13(9-2-3-10(18)11(19)6-9)14(27-16)15-20-7-21-23-15/h4-7H,2-3H2,1H3,(H,20,21,23). The number of nitrogens with zero attached hydrogens (tertiary/aromatic N) is 5. The van der Waals surface area contributed by atoms with E-state index in [2.05, 4.69) is 20.3 Å². The van der Waals surface area contributed by atoms with E-state index < -0.39 is 11.7 Å². The molecule has 4 aromatic heterocycles. The fourth-order valence-corrected chi connectivity index (χ4v) is 5.19. The highest BCUT2D eigenvalue weighted by molar-refractivity contribution is 7.20. The molecule has 1 aliphatic rings. The van der Waals surface area contributed by atoms with Crippen molar-refractivity contribution >= 4 is 33.1 Å². The summed E-state index contributed by atoms with van der Waals surface area (Å²) in [4.78, 5) is 10.7. The van der Waals surface area contributed by atoms with Crippen molar-refractivity contribution < 1.29 is 8.78 Å². The Labute approximate surface area is 159 Å². The predicted octanol–water partition coefficient (Wildman–Crippen LogP) is 4.94. The van der Waals surface area contributed by atoms with Crippen LogP contribution in [0.15, 0.2) is 35.6 Å². The molecular weight excluding hydrogens is 390 g/mol. The minimum Gasteiger partial charge on any atom is -0.265 e. The molecule has 0 amide bonds. The zero-order chi connectivity index (χ0) is 18.5. The first kappa shape index (κ1) is 16.5. The number of rotatable bonds is 3. The molecule has 0 unspecified atom stereocenters. The Balaban J connectivity index is 1.73. The van der Waals surface area contributed by atoms with Crippen LogP contribution in [-0.4, -0.2) is 29.8 Å². The second kappa shape index (κ2) is 6.17. The first-order chi connectivity index (χ1) is 13.1. The van der Waals surface area contributed by atoms with Crippen molar-refractivity contribution in [3.05, 3.63) is 47.0 Å². The summed E-state index contributed by atoms with van der Waals surface area (Å²) >= 11 is 3.00. The van der Waals surface area contributed by atoms with E-state index in [1.165, 1.54) is 23.7 Å². The van der Waals surface area contributed by atoms with Crippen LogP contribution in [0.5, 0.6) is 0 Å². The third-order valence-electron chi connectivity index (χ3n) is 4.36. The number of aromatic amines is 1. The van der Waals surface area contributed by atoms with Crippen LogP contribution < -0.4 is 0 Å². The zero-order valence-electron chi connectivity index (χ0n) is 14.0. The Kier molecular flexibility index (Phi) is 3.76. The third kappa shape index (κ3) is 2.63. The SMILES string of the molecule is Cc1nn2ccsc2c1-c1nc(C2=CC(F)=C(F)CC2)c(-c2nc[nH]n2)s1. The second-order valence-corrected chi connectivity index (χ2v) is 7.95. The molecule has 0 radical (unpaired) electrons. The molecule has 1 aliphatic carbocycles. The lowest BCUT2D eigenvalue weighted by molar-refractivity contribution is 0.518. The summed E-state index contributed by atoms with van der Waals surface area (Å²) in [5, 5.41) is 14.1.